The normalized spacial score (nSPS) is 14.9. The minimum absolute atomic E-state index is 0.573. The van der Waals surface area contributed by atoms with E-state index in [-0.39, 0.29) is 0 Å². The second-order valence-corrected chi connectivity index (χ2v) is 5.85. The number of hydrogen-bond acceptors (Lipinski definition) is 4. The van der Waals surface area contributed by atoms with Crippen LogP contribution in [-0.2, 0) is 0 Å². The lowest BCUT2D eigenvalue weighted by atomic mass is 10.4. The fraction of sp³-hybridized carbons (Fsp3) is 0.250. The van der Waals surface area contributed by atoms with Crippen molar-refractivity contribution in [2.75, 3.05) is 0 Å². The second kappa shape index (κ2) is 4.74. The van der Waals surface area contributed by atoms with Gasteiger partial charge in [-0.1, -0.05) is 11.8 Å². The Labute approximate surface area is 112 Å². The minimum atomic E-state index is 0.573. The number of hydrogen-bond donors (Lipinski definition) is 0. The van der Waals surface area contributed by atoms with Gasteiger partial charge in [-0.05, 0) is 40.9 Å². The van der Waals surface area contributed by atoms with Gasteiger partial charge in [-0.2, -0.15) is 0 Å². The molecule has 0 unspecified atom stereocenters. The van der Waals surface area contributed by atoms with E-state index >= 15 is 0 Å². The van der Waals surface area contributed by atoms with Crippen molar-refractivity contribution in [3.63, 3.8) is 0 Å². The fourth-order valence-electron chi connectivity index (χ4n) is 1.52. The molecule has 2 aromatic rings. The van der Waals surface area contributed by atoms with Crippen LogP contribution < -0.4 is 0 Å². The molecule has 3 rings (SSSR count). The molecule has 1 saturated carbocycles. The van der Waals surface area contributed by atoms with Crippen LogP contribution in [0, 0.1) is 0 Å². The average molecular weight is 308 g/mol. The topological polar surface area (TPSA) is 38.7 Å². The lowest BCUT2D eigenvalue weighted by molar-refractivity contribution is 0.866. The number of nitrogens with zero attached hydrogens (tertiary/aromatic N) is 3. The standard InChI is InChI=1S/C12H10BrN3S/c13-10-7-11(16-12(15-10)8-1-2-8)17-9-3-5-14-6-4-9/h3-8H,1-2H2. The van der Waals surface area contributed by atoms with E-state index in [4.69, 9.17) is 0 Å². The van der Waals surface area contributed by atoms with Crippen LogP contribution in [0.3, 0.4) is 0 Å². The Bertz CT molecular complexity index is 529. The highest BCUT2D eigenvalue weighted by molar-refractivity contribution is 9.10. The zero-order chi connectivity index (χ0) is 11.7. The highest BCUT2D eigenvalue weighted by atomic mass is 79.9. The van der Waals surface area contributed by atoms with Crippen molar-refractivity contribution in [3.05, 3.63) is 41.0 Å². The van der Waals surface area contributed by atoms with Crippen molar-refractivity contribution in [2.45, 2.75) is 28.7 Å². The monoisotopic (exact) mass is 307 g/mol. The Morgan fingerprint density at radius 3 is 2.65 bits per heavy atom. The molecule has 2 heterocycles. The summed E-state index contributed by atoms with van der Waals surface area (Å²) < 4.78 is 0.867. The van der Waals surface area contributed by atoms with Crippen LogP contribution in [0.5, 0.6) is 0 Å². The van der Waals surface area contributed by atoms with Gasteiger partial charge >= 0.3 is 0 Å². The minimum Gasteiger partial charge on any atom is -0.265 e. The van der Waals surface area contributed by atoms with Gasteiger partial charge in [-0.15, -0.1) is 0 Å². The third-order valence-electron chi connectivity index (χ3n) is 2.50. The van der Waals surface area contributed by atoms with Crippen molar-refractivity contribution < 1.29 is 0 Å². The summed E-state index contributed by atoms with van der Waals surface area (Å²) in [7, 11) is 0. The Morgan fingerprint density at radius 1 is 1.18 bits per heavy atom. The second-order valence-electron chi connectivity index (χ2n) is 3.95. The average Bonchev–Trinajstić information content (AvgIpc) is 3.13. The molecule has 0 aromatic carbocycles. The number of rotatable bonds is 3. The first kappa shape index (κ1) is 11.2. The van der Waals surface area contributed by atoms with Crippen LogP contribution in [0.2, 0.25) is 0 Å². The molecule has 0 saturated heterocycles. The summed E-state index contributed by atoms with van der Waals surface area (Å²) in [6.07, 6.45) is 6.02. The molecule has 1 fully saturated rings. The lowest BCUT2D eigenvalue weighted by Gasteiger charge is -2.03. The van der Waals surface area contributed by atoms with Gasteiger partial charge in [0.2, 0.25) is 0 Å². The first-order valence-electron chi connectivity index (χ1n) is 5.43. The van der Waals surface area contributed by atoms with E-state index in [0.717, 1.165) is 20.3 Å². The zero-order valence-corrected chi connectivity index (χ0v) is 11.4. The molecule has 5 heteroatoms. The highest BCUT2D eigenvalue weighted by Gasteiger charge is 2.27. The molecular formula is C12H10BrN3S. The SMILES string of the molecule is Brc1cc(Sc2ccncc2)nc(C2CC2)n1. The summed E-state index contributed by atoms with van der Waals surface area (Å²) in [5.41, 5.74) is 0. The zero-order valence-electron chi connectivity index (χ0n) is 9.01. The molecule has 0 amide bonds. The van der Waals surface area contributed by atoms with Gasteiger partial charge in [0.15, 0.2) is 0 Å². The molecule has 2 aromatic heterocycles. The van der Waals surface area contributed by atoms with E-state index in [1.807, 2.05) is 18.2 Å². The van der Waals surface area contributed by atoms with Crippen LogP contribution in [0.1, 0.15) is 24.6 Å². The van der Waals surface area contributed by atoms with Gasteiger partial charge in [0, 0.05) is 29.3 Å². The third-order valence-corrected chi connectivity index (χ3v) is 3.84. The molecule has 1 aliphatic carbocycles. The van der Waals surface area contributed by atoms with Gasteiger partial charge < -0.3 is 0 Å². The molecule has 0 bridgehead atoms. The lowest BCUT2D eigenvalue weighted by Crippen LogP contribution is -1.94. The molecule has 86 valence electrons. The summed E-state index contributed by atoms with van der Waals surface area (Å²) in [5, 5.41) is 0.986. The van der Waals surface area contributed by atoms with Gasteiger partial charge in [0.25, 0.3) is 0 Å². The predicted octanol–water partition coefficient (Wildman–Crippen LogP) is 3.66. The maximum Gasteiger partial charge on any atom is 0.134 e. The predicted molar refractivity (Wildman–Crippen MR) is 70.1 cm³/mol. The van der Waals surface area contributed by atoms with E-state index in [1.54, 1.807) is 24.2 Å². The first-order valence-corrected chi connectivity index (χ1v) is 7.04. The van der Waals surface area contributed by atoms with E-state index in [2.05, 4.69) is 30.9 Å². The van der Waals surface area contributed by atoms with Crippen molar-refractivity contribution in [1.29, 1.82) is 0 Å². The van der Waals surface area contributed by atoms with Crippen LogP contribution in [-0.4, -0.2) is 15.0 Å². The Balaban J connectivity index is 1.87. The molecule has 1 aliphatic rings. The van der Waals surface area contributed by atoms with E-state index < -0.39 is 0 Å². The fourth-order valence-corrected chi connectivity index (χ4v) is 2.88. The molecule has 3 nitrogen and oxygen atoms in total. The van der Waals surface area contributed by atoms with Crippen molar-refractivity contribution in [1.82, 2.24) is 15.0 Å². The van der Waals surface area contributed by atoms with Crippen LogP contribution in [0.15, 0.2) is 45.1 Å². The molecule has 17 heavy (non-hydrogen) atoms. The quantitative estimate of drug-likeness (QED) is 0.811. The Morgan fingerprint density at radius 2 is 1.94 bits per heavy atom. The molecule has 0 spiro atoms. The maximum absolute atomic E-state index is 4.59. The summed E-state index contributed by atoms with van der Waals surface area (Å²) in [5.74, 6) is 1.54. The van der Waals surface area contributed by atoms with Crippen LogP contribution in [0.25, 0.3) is 0 Å². The van der Waals surface area contributed by atoms with Gasteiger partial charge in [0.05, 0.1) is 0 Å². The van der Waals surface area contributed by atoms with Crippen LogP contribution in [0.4, 0.5) is 0 Å². The Kier molecular flexibility index (Phi) is 3.11. The molecule has 0 radical (unpaired) electrons. The van der Waals surface area contributed by atoms with E-state index in [9.17, 15) is 0 Å². The summed E-state index contributed by atoms with van der Waals surface area (Å²) >= 11 is 5.09. The smallest absolute Gasteiger partial charge is 0.134 e. The molecule has 0 aliphatic heterocycles. The molecule has 0 N–H and O–H groups in total. The summed E-state index contributed by atoms with van der Waals surface area (Å²) in [4.78, 5) is 14.2. The van der Waals surface area contributed by atoms with Crippen molar-refractivity contribution >= 4 is 27.7 Å². The first-order chi connectivity index (χ1) is 8.31. The maximum atomic E-state index is 4.59. The largest absolute Gasteiger partial charge is 0.265 e. The number of aromatic nitrogens is 3. The van der Waals surface area contributed by atoms with E-state index in [1.165, 1.54) is 12.8 Å². The van der Waals surface area contributed by atoms with Crippen molar-refractivity contribution in [3.8, 4) is 0 Å². The summed E-state index contributed by atoms with van der Waals surface area (Å²) in [6, 6.07) is 5.92. The number of halogens is 1. The van der Waals surface area contributed by atoms with Crippen LogP contribution >= 0.6 is 27.7 Å². The molecular weight excluding hydrogens is 298 g/mol. The van der Waals surface area contributed by atoms with Gasteiger partial charge in [-0.3, -0.25) is 4.98 Å². The van der Waals surface area contributed by atoms with Gasteiger partial charge in [0.1, 0.15) is 15.5 Å². The van der Waals surface area contributed by atoms with Gasteiger partial charge in [-0.25, -0.2) is 9.97 Å². The summed E-state index contributed by atoms with van der Waals surface area (Å²) in [6.45, 7) is 0. The highest BCUT2D eigenvalue weighted by Crippen LogP contribution is 2.39. The third kappa shape index (κ3) is 2.84. The number of pyridine rings is 1. The van der Waals surface area contributed by atoms with Crippen molar-refractivity contribution in [2.24, 2.45) is 0 Å². The molecule has 0 atom stereocenters. The van der Waals surface area contributed by atoms with E-state index in [0.29, 0.717) is 5.92 Å². The Hall–Kier alpha value is -0.940.